The molecule has 5 rings (SSSR count). The van der Waals surface area contributed by atoms with Crippen LogP contribution in [0.5, 0.6) is 11.5 Å². The van der Waals surface area contributed by atoms with E-state index in [0.717, 1.165) is 24.0 Å². The van der Waals surface area contributed by atoms with Gasteiger partial charge in [0.25, 0.3) is 5.78 Å². The number of aliphatic hydroxyl groups is 1. The summed E-state index contributed by atoms with van der Waals surface area (Å²) in [5.74, 6) is -0.383. The van der Waals surface area contributed by atoms with Gasteiger partial charge in [-0.25, -0.2) is 4.98 Å². The minimum Gasteiger partial charge on any atom is -0.507 e. The lowest BCUT2D eigenvalue weighted by atomic mass is 9.95. The van der Waals surface area contributed by atoms with Gasteiger partial charge in [0.1, 0.15) is 17.3 Å². The smallest absolute Gasteiger partial charge is 0.301 e. The van der Waals surface area contributed by atoms with Crippen LogP contribution < -0.4 is 14.4 Å². The van der Waals surface area contributed by atoms with Crippen LogP contribution in [0.4, 0.5) is 5.13 Å². The number of carbonyl (C=O) groups excluding carboxylic acids is 2. The molecule has 0 radical (unpaired) electrons. The fourth-order valence-corrected chi connectivity index (χ4v) is 5.69. The Bertz CT molecular complexity index is 1530. The highest BCUT2D eigenvalue weighted by Crippen LogP contribution is 2.45. The maximum absolute atomic E-state index is 13.6. The number of anilines is 1. The molecule has 1 saturated heterocycles. The Kier molecular flexibility index (Phi) is 7.93. The van der Waals surface area contributed by atoms with Crippen molar-refractivity contribution in [3.05, 3.63) is 89.5 Å². The Labute approximate surface area is 231 Å². The number of aromatic nitrogens is 1. The lowest BCUT2D eigenvalue weighted by Crippen LogP contribution is -2.29. The molecule has 7 nitrogen and oxygen atoms in total. The van der Waals surface area contributed by atoms with Gasteiger partial charge in [-0.3, -0.25) is 14.5 Å². The number of thiazole rings is 1. The van der Waals surface area contributed by atoms with Gasteiger partial charge < -0.3 is 14.6 Å². The van der Waals surface area contributed by atoms with Crippen LogP contribution in [-0.4, -0.2) is 35.0 Å². The first kappa shape index (κ1) is 26.4. The van der Waals surface area contributed by atoms with E-state index in [1.165, 1.54) is 16.2 Å². The van der Waals surface area contributed by atoms with Crippen molar-refractivity contribution in [2.75, 3.05) is 18.1 Å². The SMILES string of the molecule is CCCCCOc1cccc(C2C(=C(O)c3ccccc3)C(=O)C(=O)N2c2nc3ccc(OCC)cc3s2)c1. The van der Waals surface area contributed by atoms with Gasteiger partial charge in [0.15, 0.2) is 5.13 Å². The number of hydrogen-bond acceptors (Lipinski definition) is 7. The van der Waals surface area contributed by atoms with E-state index in [9.17, 15) is 14.7 Å². The zero-order valence-corrected chi connectivity index (χ0v) is 22.7. The van der Waals surface area contributed by atoms with E-state index in [2.05, 4.69) is 6.92 Å². The molecule has 1 aliphatic heterocycles. The van der Waals surface area contributed by atoms with Crippen LogP contribution in [0.1, 0.15) is 50.3 Å². The first-order valence-corrected chi connectivity index (χ1v) is 14.0. The van der Waals surface area contributed by atoms with Crippen LogP contribution >= 0.6 is 11.3 Å². The molecule has 0 aliphatic carbocycles. The number of ether oxygens (including phenoxy) is 2. The van der Waals surface area contributed by atoms with Crippen molar-refractivity contribution >= 4 is 44.1 Å². The Hall–Kier alpha value is -4.17. The molecule has 4 aromatic rings. The van der Waals surface area contributed by atoms with Crippen molar-refractivity contribution in [2.24, 2.45) is 0 Å². The molecular weight excluding hydrogens is 512 g/mol. The molecule has 1 atom stereocenters. The number of carbonyl (C=O) groups is 2. The van der Waals surface area contributed by atoms with E-state index in [1.807, 2.05) is 55.5 Å². The molecule has 200 valence electrons. The fraction of sp³-hybridized carbons (Fsp3) is 0.258. The van der Waals surface area contributed by atoms with Gasteiger partial charge in [0.2, 0.25) is 0 Å². The highest BCUT2D eigenvalue weighted by atomic mass is 32.1. The average molecular weight is 543 g/mol. The van der Waals surface area contributed by atoms with E-state index < -0.39 is 17.7 Å². The first-order chi connectivity index (χ1) is 19.0. The third-order valence-corrected chi connectivity index (χ3v) is 7.57. The molecule has 1 aromatic heterocycles. The molecule has 1 unspecified atom stereocenters. The van der Waals surface area contributed by atoms with Crippen molar-refractivity contribution in [3.63, 3.8) is 0 Å². The van der Waals surface area contributed by atoms with Gasteiger partial charge >= 0.3 is 5.91 Å². The zero-order valence-electron chi connectivity index (χ0n) is 21.9. The summed E-state index contributed by atoms with van der Waals surface area (Å²) in [6, 6.07) is 20.8. The summed E-state index contributed by atoms with van der Waals surface area (Å²) in [5, 5.41) is 11.7. The molecule has 3 aromatic carbocycles. The van der Waals surface area contributed by atoms with Crippen LogP contribution in [0.15, 0.2) is 78.4 Å². The quantitative estimate of drug-likeness (QED) is 0.102. The predicted molar refractivity (Wildman–Crippen MR) is 153 cm³/mol. The summed E-state index contributed by atoms with van der Waals surface area (Å²) in [6.07, 6.45) is 3.09. The third kappa shape index (κ3) is 5.38. The number of Topliss-reactive ketones (excluding diaryl/α,β-unsaturated/α-hetero) is 1. The second kappa shape index (κ2) is 11.7. The Balaban J connectivity index is 1.62. The van der Waals surface area contributed by atoms with Gasteiger partial charge in [-0.05, 0) is 49.2 Å². The van der Waals surface area contributed by atoms with Crippen LogP contribution in [0.3, 0.4) is 0 Å². The summed E-state index contributed by atoms with van der Waals surface area (Å²) in [7, 11) is 0. The number of aliphatic hydroxyl groups excluding tert-OH is 1. The topological polar surface area (TPSA) is 89.0 Å². The first-order valence-electron chi connectivity index (χ1n) is 13.1. The van der Waals surface area contributed by atoms with Gasteiger partial charge in [-0.15, -0.1) is 0 Å². The second-order valence-corrected chi connectivity index (χ2v) is 10.2. The number of fused-ring (bicyclic) bond motifs is 1. The molecule has 1 fully saturated rings. The number of hydrogen-bond donors (Lipinski definition) is 1. The molecule has 1 aliphatic rings. The molecule has 0 bridgehead atoms. The van der Waals surface area contributed by atoms with Crippen LogP contribution in [0.2, 0.25) is 0 Å². The zero-order chi connectivity index (χ0) is 27.4. The molecule has 1 N–H and O–H groups in total. The van der Waals surface area contributed by atoms with Crippen molar-refractivity contribution in [1.29, 1.82) is 0 Å². The number of rotatable bonds is 10. The highest BCUT2D eigenvalue weighted by Gasteiger charge is 2.48. The molecule has 0 spiro atoms. The van der Waals surface area contributed by atoms with Crippen LogP contribution in [0.25, 0.3) is 16.0 Å². The monoisotopic (exact) mass is 542 g/mol. The lowest BCUT2D eigenvalue weighted by Gasteiger charge is -2.23. The van der Waals surface area contributed by atoms with Crippen molar-refractivity contribution < 1.29 is 24.2 Å². The molecule has 0 saturated carbocycles. The standard InChI is InChI=1S/C31H30N2O5S/c1-3-5-9-17-38-22-14-10-13-21(18-22)27-26(28(34)20-11-7-6-8-12-20)29(35)30(36)33(27)31-32-24-16-15-23(37-4-2)19-25(24)39-31/h6-8,10-16,18-19,27,34H,3-5,9,17H2,1-2H3. The number of nitrogens with zero attached hydrogens (tertiary/aromatic N) is 2. The van der Waals surface area contributed by atoms with E-state index in [-0.39, 0.29) is 11.3 Å². The van der Waals surface area contributed by atoms with Gasteiger partial charge in [-0.2, -0.15) is 0 Å². The van der Waals surface area contributed by atoms with Gasteiger partial charge in [-0.1, -0.05) is 73.6 Å². The van der Waals surface area contributed by atoms with E-state index in [4.69, 9.17) is 14.5 Å². The van der Waals surface area contributed by atoms with Gasteiger partial charge in [0.05, 0.1) is 35.0 Å². The summed E-state index contributed by atoms with van der Waals surface area (Å²) in [5.41, 5.74) is 1.81. The van der Waals surface area contributed by atoms with Crippen LogP contribution in [-0.2, 0) is 9.59 Å². The molecule has 39 heavy (non-hydrogen) atoms. The van der Waals surface area contributed by atoms with Gasteiger partial charge in [0, 0.05) is 5.56 Å². The average Bonchev–Trinajstić information content (AvgIpc) is 3.49. The Morgan fingerprint density at radius 1 is 0.949 bits per heavy atom. The van der Waals surface area contributed by atoms with E-state index in [1.54, 1.807) is 24.3 Å². The molecule has 8 heteroatoms. The maximum atomic E-state index is 13.6. The maximum Gasteiger partial charge on any atom is 0.301 e. The summed E-state index contributed by atoms with van der Waals surface area (Å²) in [4.78, 5) is 33.1. The highest BCUT2D eigenvalue weighted by molar-refractivity contribution is 7.22. The molecular formula is C31H30N2O5S. The number of benzene rings is 3. The molecule has 2 heterocycles. The Morgan fingerprint density at radius 3 is 2.51 bits per heavy atom. The number of unbranched alkanes of at least 4 members (excludes halogenated alkanes) is 2. The minimum absolute atomic E-state index is 0.0172. The molecule has 1 amide bonds. The fourth-order valence-electron chi connectivity index (χ4n) is 4.67. The number of amides is 1. The summed E-state index contributed by atoms with van der Waals surface area (Å²) >= 11 is 1.30. The number of ketones is 1. The Morgan fingerprint density at radius 2 is 1.74 bits per heavy atom. The van der Waals surface area contributed by atoms with Crippen molar-refractivity contribution in [2.45, 2.75) is 39.2 Å². The normalized spacial score (nSPS) is 16.7. The second-order valence-electron chi connectivity index (χ2n) is 9.22. The minimum atomic E-state index is -0.878. The van der Waals surface area contributed by atoms with Crippen molar-refractivity contribution in [1.82, 2.24) is 4.98 Å². The summed E-state index contributed by atoms with van der Waals surface area (Å²) in [6.45, 7) is 5.15. The lowest BCUT2D eigenvalue weighted by molar-refractivity contribution is -0.132. The largest absolute Gasteiger partial charge is 0.507 e. The predicted octanol–water partition coefficient (Wildman–Crippen LogP) is 6.89. The van der Waals surface area contributed by atoms with Crippen LogP contribution in [0, 0.1) is 0 Å². The summed E-state index contributed by atoms with van der Waals surface area (Å²) < 4.78 is 12.4. The van der Waals surface area contributed by atoms with E-state index >= 15 is 0 Å². The third-order valence-electron chi connectivity index (χ3n) is 6.55. The van der Waals surface area contributed by atoms with Crippen molar-refractivity contribution in [3.8, 4) is 11.5 Å². The van der Waals surface area contributed by atoms with E-state index in [0.29, 0.717) is 46.5 Å².